The van der Waals surface area contributed by atoms with Crippen LogP contribution in [0.3, 0.4) is 0 Å². The lowest BCUT2D eigenvalue weighted by molar-refractivity contribution is -0.928. The van der Waals surface area contributed by atoms with Crippen LogP contribution in [0, 0.1) is 0 Å². The molecule has 1 saturated heterocycles. The lowest BCUT2D eigenvalue weighted by atomic mass is 10.1. The van der Waals surface area contributed by atoms with E-state index in [-0.39, 0.29) is 17.0 Å². The van der Waals surface area contributed by atoms with E-state index < -0.39 is 0 Å². The highest BCUT2D eigenvalue weighted by Gasteiger charge is 2.29. The van der Waals surface area contributed by atoms with Gasteiger partial charge >= 0.3 is 0 Å². The zero-order chi connectivity index (χ0) is 12.8. The summed E-state index contributed by atoms with van der Waals surface area (Å²) in [6.07, 6.45) is 1.19. The van der Waals surface area contributed by atoms with E-state index in [2.05, 4.69) is 49.1 Å². The predicted octanol–water partition coefficient (Wildman–Crippen LogP) is -0.595. The minimum atomic E-state index is 0. The molecule has 0 aliphatic carbocycles. The Kier molecular flexibility index (Phi) is 7.05. The van der Waals surface area contributed by atoms with Crippen LogP contribution in [0.15, 0.2) is 30.3 Å². The highest BCUT2D eigenvalue weighted by molar-refractivity contribution is 5.14. The number of likely N-dealkylation sites (N-methyl/N-ethyl adjacent to an activating group) is 1. The zero-order valence-corrected chi connectivity index (χ0v) is 13.9. The zero-order valence-electron chi connectivity index (χ0n) is 12.3. The van der Waals surface area contributed by atoms with Gasteiger partial charge in [-0.1, -0.05) is 30.3 Å². The SMILES string of the molecule is CC[N+]1(CC)CCN(CCc2ccccc2)CC1.[Br-]. The fourth-order valence-corrected chi connectivity index (χ4v) is 2.94. The summed E-state index contributed by atoms with van der Waals surface area (Å²) in [6.45, 7) is 13.7. The molecule has 1 aromatic carbocycles. The molecule has 19 heavy (non-hydrogen) atoms. The van der Waals surface area contributed by atoms with Crippen LogP contribution in [-0.4, -0.2) is 55.2 Å². The second-order valence-corrected chi connectivity index (χ2v) is 5.50. The maximum Gasteiger partial charge on any atom is 0.0916 e. The van der Waals surface area contributed by atoms with E-state index in [9.17, 15) is 0 Å². The van der Waals surface area contributed by atoms with Crippen LogP contribution >= 0.6 is 0 Å². The highest BCUT2D eigenvalue weighted by atomic mass is 79.9. The van der Waals surface area contributed by atoms with Gasteiger partial charge in [0.2, 0.25) is 0 Å². The summed E-state index contributed by atoms with van der Waals surface area (Å²) in [7, 11) is 0. The number of rotatable bonds is 5. The number of quaternary nitrogens is 1. The molecule has 1 aliphatic rings. The number of piperazine rings is 1. The molecule has 0 N–H and O–H groups in total. The van der Waals surface area contributed by atoms with Crippen LogP contribution in [0.25, 0.3) is 0 Å². The van der Waals surface area contributed by atoms with Crippen LogP contribution in [-0.2, 0) is 6.42 Å². The van der Waals surface area contributed by atoms with Gasteiger partial charge in [-0.05, 0) is 25.8 Å². The van der Waals surface area contributed by atoms with E-state index in [1.54, 1.807) is 0 Å². The molecule has 0 aromatic heterocycles. The summed E-state index contributed by atoms with van der Waals surface area (Å²) < 4.78 is 1.32. The van der Waals surface area contributed by atoms with Crippen molar-refractivity contribution in [3.63, 3.8) is 0 Å². The van der Waals surface area contributed by atoms with E-state index in [0.29, 0.717) is 0 Å². The molecule has 0 atom stereocenters. The quantitative estimate of drug-likeness (QED) is 0.654. The number of nitrogens with zero attached hydrogens (tertiary/aromatic N) is 2. The normalized spacial score (nSPS) is 18.8. The Morgan fingerprint density at radius 3 is 2.11 bits per heavy atom. The number of hydrogen-bond acceptors (Lipinski definition) is 1. The Hall–Kier alpha value is -0.380. The first-order valence-corrected chi connectivity index (χ1v) is 7.39. The Morgan fingerprint density at radius 1 is 1.00 bits per heavy atom. The standard InChI is InChI=1S/C16H27N2.BrH/c1-3-18(4-2)14-12-17(13-15-18)11-10-16-8-6-5-7-9-16;/h5-9H,3-4,10-15H2,1-2H3;1H/q+1;/p-1. The number of hydrogen-bond donors (Lipinski definition) is 0. The molecular formula is C16H27BrN2. The van der Waals surface area contributed by atoms with Crippen LogP contribution in [0.4, 0.5) is 0 Å². The summed E-state index contributed by atoms with van der Waals surface area (Å²) in [4.78, 5) is 2.63. The third-order valence-electron chi connectivity index (χ3n) is 4.68. The predicted molar refractivity (Wildman–Crippen MR) is 77.7 cm³/mol. The summed E-state index contributed by atoms with van der Waals surface area (Å²) in [5.74, 6) is 0. The first-order valence-electron chi connectivity index (χ1n) is 7.39. The highest BCUT2D eigenvalue weighted by Crippen LogP contribution is 2.13. The van der Waals surface area contributed by atoms with Gasteiger partial charge in [0, 0.05) is 19.6 Å². The maximum atomic E-state index is 2.63. The van der Waals surface area contributed by atoms with Gasteiger partial charge in [0.15, 0.2) is 0 Å². The van der Waals surface area contributed by atoms with Gasteiger partial charge in [0.05, 0.1) is 26.2 Å². The second-order valence-electron chi connectivity index (χ2n) is 5.50. The van der Waals surface area contributed by atoms with Crippen LogP contribution in [0.2, 0.25) is 0 Å². The molecule has 1 aromatic rings. The Labute approximate surface area is 128 Å². The summed E-state index contributed by atoms with van der Waals surface area (Å²) in [6, 6.07) is 10.9. The maximum absolute atomic E-state index is 2.63. The van der Waals surface area contributed by atoms with E-state index in [1.807, 2.05) is 0 Å². The van der Waals surface area contributed by atoms with Crippen molar-refractivity contribution in [2.45, 2.75) is 20.3 Å². The van der Waals surface area contributed by atoms with Gasteiger partial charge in [-0.3, -0.25) is 4.90 Å². The van der Waals surface area contributed by atoms with Crippen molar-refractivity contribution < 1.29 is 21.5 Å². The topological polar surface area (TPSA) is 3.24 Å². The second kappa shape index (κ2) is 8.03. The van der Waals surface area contributed by atoms with Crippen LogP contribution in [0.5, 0.6) is 0 Å². The molecule has 1 aliphatic heterocycles. The third-order valence-corrected chi connectivity index (χ3v) is 4.68. The molecule has 108 valence electrons. The summed E-state index contributed by atoms with van der Waals surface area (Å²) >= 11 is 0. The van der Waals surface area contributed by atoms with Gasteiger partial charge in [-0.25, -0.2) is 0 Å². The van der Waals surface area contributed by atoms with Gasteiger partial charge in [-0.15, -0.1) is 0 Å². The molecule has 0 spiro atoms. The first-order chi connectivity index (χ1) is 8.78. The van der Waals surface area contributed by atoms with E-state index >= 15 is 0 Å². The van der Waals surface area contributed by atoms with Gasteiger partial charge in [-0.2, -0.15) is 0 Å². The largest absolute Gasteiger partial charge is 1.00 e. The van der Waals surface area contributed by atoms with Gasteiger partial charge in [0.25, 0.3) is 0 Å². The molecule has 0 bridgehead atoms. The summed E-state index contributed by atoms with van der Waals surface area (Å²) in [5, 5.41) is 0. The van der Waals surface area contributed by atoms with E-state index in [0.717, 1.165) is 0 Å². The van der Waals surface area contributed by atoms with Crippen molar-refractivity contribution >= 4 is 0 Å². The lowest BCUT2D eigenvalue weighted by Gasteiger charge is -2.43. The van der Waals surface area contributed by atoms with Crippen molar-refractivity contribution in [3.8, 4) is 0 Å². The summed E-state index contributed by atoms with van der Waals surface area (Å²) in [5.41, 5.74) is 1.47. The molecule has 1 heterocycles. The average molecular weight is 327 g/mol. The monoisotopic (exact) mass is 326 g/mol. The lowest BCUT2D eigenvalue weighted by Crippen LogP contribution is -3.00. The Morgan fingerprint density at radius 2 is 1.58 bits per heavy atom. The number of benzene rings is 1. The van der Waals surface area contributed by atoms with Gasteiger partial charge < -0.3 is 21.5 Å². The smallest absolute Gasteiger partial charge is 0.0916 e. The average Bonchev–Trinajstić information content (AvgIpc) is 2.47. The minimum Gasteiger partial charge on any atom is -1.00 e. The molecule has 2 rings (SSSR count). The van der Waals surface area contributed by atoms with Crippen molar-refractivity contribution in [2.75, 3.05) is 45.8 Å². The van der Waals surface area contributed by atoms with E-state index in [4.69, 9.17) is 0 Å². The first kappa shape index (κ1) is 16.7. The van der Waals surface area contributed by atoms with Crippen molar-refractivity contribution in [2.24, 2.45) is 0 Å². The van der Waals surface area contributed by atoms with Crippen molar-refractivity contribution in [1.29, 1.82) is 0 Å². The molecule has 1 fully saturated rings. The Balaban J connectivity index is 0.00000180. The molecular weight excluding hydrogens is 300 g/mol. The van der Waals surface area contributed by atoms with Gasteiger partial charge in [0.1, 0.15) is 0 Å². The fraction of sp³-hybridized carbons (Fsp3) is 0.625. The minimum absolute atomic E-state index is 0. The fourth-order valence-electron chi connectivity index (χ4n) is 2.94. The van der Waals surface area contributed by atoms with Crippen molar-refractivity contribution in [1.82, 2.24) is 4.90 Å². The molecule has 0 radical (unpaired) electrons. The van der Waals surface area contributed by atoms with Crippen LogP contribution < -0.4 is 17.0 Å². The molecule has 0 saturated carbocycles. The Bertz CT molecular complexity index is 339. The molecule has 3 heteroatoms. The molecule has 0 amide bonds. The van der Waals surface area contributed by atoms with Crippen LogP contribution in [0.1, 0.15) is 19.4 Å². The third kappa shape index (κ3) is 4.59. The van der Waals surface area contributed by atoms with E-state index in [1.165, 1.54) is 62.3 Å². The molecule has 0 unspecified atom stereocenters. The molecule has 2 nitrogen and oxygen atoms in total. The number of halogens is 1. The van der Waals surface area contributed by atoms with Crippen molar-refractivity contribution in [3.05, 3.63) is 35.9 Å².